The van der Waals surface area contributed by atoms with Gasteiger partial charge in [-0.2, -0.15) is 0 Å². The summed E-state index contributed by atoms with van der Waals surface area (Å²) in [4.78, 5) is 11.4. The van der Waals surface area contributed by atoms with E-state index >= 15 is 0 Å². The summed E-state index contributed by atoms with van der Waals surface area (Å²) < 4.78 is 37.5. The van der Waals surface area contributed by atoms with Gasteiger partial charge in [0.2, 0.25) is 0 Å². The van der Waals surface area contributed by atoms with Gasteiger partial charge in [0.15, 0.2) is 0 Å². The molecular formula is C17H25NaO5S. The Hall–Kier alpha value is -0.400. The van der Waals surface area contributed by atoms with Gasteiger partial charge in [-0.15, -0.1) is 0 Å². The average Bonchev–Trinajstić information content (AvgIpc) is 2.52. The van der Waals surface area contributed by atoms with Crippen molar-refractivity contribution >= 4 is 16.1 Å². The molecule has 0 atom stereocenters. The number of ether oxygens (including phenoxy) is 1. The minimum Gasteiger partial charge on any atom is -0.744 e. The summed E-state index contributed by atoms with van der Waals surface area (Å²) in [6.07, 6.45) is 9.33. The van der Waals surface area contributed by atoms with Gasteiger partial charge in [-0.05, 0) is 30.7 Å². The molecule has 0 unspecified atom stereocenters. The van der Waals surface area contributed by atoms with Gasteiger partial charge in [-0.3, -0.25) is 0 Å². The molecule has 5 nitrogen and oxygen atoms in total. The quantitative estimate of drug-likeness (QED) is 0.252. The SMILES string of the molecule is CCCCCCCCCCOC(=O)c1ccc(S(=O)(=O)[O-])cc1.[Na+]. The van der Waals surface area contributed by atoms with Crippen LogP contribution in [0.15, 0.2) is 29.2 Å². The van der Waals surface area contributed by atoms with Crippen molar-refractivity contribution in [3.63, 3.8) is 0 Å². The standard InChI is InChI=1S/C17H26O5S.Na/c1-2-3-4-5-6-7-8-9-14-22-17(18)15-10-12-16(13-11-15)23(19,20)21;/h10-13H,2-9,14H2,1H3,(H,19,20,21);/q;+1/p-1. The summed E-state index contributed by atoms with van der Waals surface area (Å²) >= 11 is 0. The predicted octanol–water partition coefficient (Wildman–Crippen LogP) is 0.892. The van der Waals surface area contributed by atoms with Crippen LogP contribution in [0.4, 0.5) is 0 Å². The van der Waals surface area contributed by atoms with E-state index in [1.54, 1.807) is 0 Å². The maximum Gasteiger partial charge on any atom is 1.00 e. The van der Waals surface area contributed by atoms with Crippen LogP contribution < -0.4 is 29.6 Å². The maximum atomic E-state index is 11.8. The van der Waals surface area contributed by atoms with Crippen molar-refractivity contribution in [2.45, 2.75) is 63.2 Å². The molecule has 0 spiro atoms. The molecule has 0 heterocycles. The minimum atomic E-state index is -4.48. The van der Waals surface area contributed by atoms with Crippen molar-refractivity contribution in [2.75, 3.05) is 6.61 Å². The van der Waals surface area contributed by atoms with E-state index in [-0.39, 0.29) is 40.0 Å². The third-order valence-electron chi connectivity index (χ3n) is 3.61. The van der Waals surface area contributed by atoms with Gasteiger partial charge in [-0.1, -0.05) is 51.9 Å². The van der Waals surface area contributed by atoms with Crippen LogP contribution in [0.2, 0.25) is 0 Å². The third kappa shape index (κ3) is 9.79. The Labute approximate surface area is 167 Å². The normalized spacial score (nSPS) is 10.9. The minimum absolute atomic E-state index is 0. The summed E-state index contributed by atoms with van der Waals surface area (Å²) in [7, 11) is -4.48. The Morgan fingerprint density at radius 3 is 1.96 bits per heavy atom. The number of rotatable bonds is 11. The third-order valence-corrected chi connectivity index (χ3v) is 4.46. The molecule has 130 valence electrons. The molecule has 0 aliphatic heterocycles. The molecule has 1 aromatic carbocycles. The number of hydrogen-bond donors (Lipinski definition) is 0. The van der Waals surface area contributed by atoms with Crippen LogP contribution in [0, 0.1) is 0 Å². The molecule has 0 aliphatic rings. The number of carbonyl (C=O) groups is 1. The number of unbranched alkanes of at least 4 members (excludes halogenated alkanes) is 7. The molecule has 1 rings (SSSR count). The molecule has 0 aromatic heterocycles. The van der Waals surface area contributed by atoms with Gasteiger partial charge in [-0.25, -0.2) is 13.2 Å². The molecule has 0 aliphatic carbocycles. The van der Waals surface area contributed by atoms with E-state index in [1.165, 1.54) is 44.2 Å². The van der Waals surface area contributed by atoms with E-state index in [9.17, 15) is 17.8 Å². The molecular weight excluding hydrogens is 339 g/mol. The first kappa shape index (κ1) is 23.6. The summed E-state index contributed by atoms with van der Waals surface area (Å²) in [6, 6.07) is 4.83. The smallest absolute Gasteiger partial charge is 0.744 e. The summed E-state index contributed by atoms with van der Waals surface area (Å²) in [6.45, 7) is 2.55. The number of hydrogen-bond acceptors (Lipinski definition) is 5. The Balaban J connectivity index is 0.00000529. The summed E-state index contributed by atoms with van der Waals surface area (Å²) in [5, 5.41) is 0. The molecule has 1 aromatic rings. The van der Waals surface area contributed by atoms with E-state index in [0.29, 0.717) is 6.61 Å². The largest absolute Gasteiger partial charge is 1.00 e. The van der Waals surface area contributed by atoms with E-state index < -0.39 is 16.1 Å². The summed E-state index contributed by atoms with van der Waals surface area (Å²) in [5.74, 6) is -0.497. The fourth-order valence-corrected chi connectivity index (χ4v) is 2.71. The first-order valence-electron chi connectivity index (χ1n) is 8.18. The van der Waals surface area contributed by atoms with Crippen molar-refractivity contribution in [1.29, 1.82) is 0 Å². The van der Waals surface area contributed by atoms with Gasteiger partial charge in [0.05, 0.1) is 17.1 Å². The van der Waals surface area contributed by atoms with Gasteiger partial charge >= 0.3 is 35.5 Å². The first-order valence-corrected chi connectivity index (χ1v) is 9.59. The van der Waals surface area contributed by atoms with Gasteiger partial charge < -0.3 is 9.29 Å². The van der Waals surface area contributed by atoms with Gasteiger partial charge in [0, 0.05) is 0 Å². The Kier molecular flexibility index (Phi) is 12.7. The Morgan fingerprint density at radius 1 is 0.958 bits per heavy atom. The van der Waals surface area contributed by atoms with Gasteiger partial charge in [0.25, 0.3) is 0 Å². The predicted molar refractivity (Wildman–Crippen MR) is 87.3 cm³/mol. The van der Waals surface area contributed by atoms with Crippen LogP contribution >= 0.6 is 0 Å². The van der Waals surface area contributed by atoms with Crippen LogP contribution in [0.5, 0.6) is 0 Å². The maximum absolute atomic E-state index is 11.8. The molecule has 0 fully saturated rings. The van der Waals surface area contributed by atoms with Crippen molar-refractivity contribution < 1.29 is 52.1 Å². The molecule has 0 N–H and O–H groups in total. The second-order valence-corrected chi connectivity index (χ2v) is 6.97. The average molecular weight is 364 g/mol. The zero-order chi connectivity index (χ0) is 17.1. The van der Waals surface area contributed by atoms with Crippen molar-refractivity contribution in [3.05, 3.63) is 29.8 Å². The molecule has 0 radical (unpaired) electrons. The zero-order valence-electron chi connectivity index (χ0n) is 14.6. The number of esters is 1. The van der Waals surface area contributed by atoms with Crippen LogP contribution in [0.1, 0.15) is 68.6 Å². The van der Waals surface area contributed by atoms with Crippen LogP contribution in [0.25, 0.3) is 0 Å². The monoisotopic (exact) mass is 364 g/mol. The number of benzene rings is 1. The van der Waals surface area contributed by atoms with E-state index in [4.69, 9.17) is 4.74 Å². The Morgan fingerprint density at radius 2 is 1.46 bits per heavy atom. The van der Waals surface area contributed by atoms with Crippen LogP contribution in [-0.2, 0) is 14.9 Å². The van der Waals surface area contributed by atoms with Crippen LogP contribution in [-0.4, -0.2) is 25.5 Å². The van der Waals surface area contributed by atoms with Gasteiger partial charge in [0.1, 0.15) is 10.1 Å². The fraction of sp³-hybridized carbons (Fsp3) is 0.588. The molecule has 7 heteroatoms. The Bertz CT molecular complexity index is 569. The van der Waals surface area contributed by atoms with Crippen molar-refractivity contribution in [2.24, 2.45) is 0 Å². The molecule has 24 heavy (non-hydrogen) atoms. The van der Waals surface area contributed by atoms with Crippen molar-refractivity contribution in [3.8, 4) is 0 Å². The molecule has 0 bridgehead atoms. The fourth-order valence-electron chi connectivity index (χ4n) is 2.24. The van der Waals surface area contributed by atoms with E-state index in [2.05, 4.69) is 6.92 Å². The topological polar surface area (TPSA) is 83.5 Å². The van der Waals surface area contributed by atoms with E-state index in [1.807, 2.05) is 0 Å². The van der Waals surface area contributed by atoms with Crippen LogP contribution in [0.3, 0.4) is 0 Å². The van der Waals surface area contributed by atoms with E-state index in [0.717, 1.165) is 31.4 Å². The zero-order valence-corrected chi connectivity index (χ0v) is 17.4. The summed E-state index contributed by atoms with van der Waals surface area (Å²) in [5.41, 5.74) is 0.247. The molecule has 0 saturated heterocycles. The number of carbonyl (C=O) groups excluding carboxylic acids is 1. The van der Waals surface area contributed by atoms with Crippen molar-refractivity contribution in [1.82, 2.24) is 0 Å². The molecule has 0 amide bonds. The second kappa shape index (κ2) is 12.9. The second-order valence-electron chi connectivity index (χ2n) is 5.59. The first-order chi connectivity index (χ1) is 10.9. The molecule has 0 saturated carbocycles.